The number of nitrogens with one attached hydrogen (secondary N) is 1. The highest BCUT2D eigenvalue weighted by Gasteiger charge is 2.19. The molecule has 0 bridgehead atoms. The van der Waals surface area contributed by atoms with Gasteiger partial charge in [0.1, 0.15) is 11.6 Å². The maximum atomic E-state index is 12.1. The Morgan fingerprint density at radius 3 is 2.53 bits per heavy atom. The van der Waals surface area contributed by atoms with Crippen molar-refractivity contribution in [1.82, 2.24) is 9.55 Å². The summed E-state index contributed by atoms with van der Waals surface area (Å²) in [5.41, 5.74) is 0.975. The van der Waals surface area contributed by atoms with Crippen molar-refractivity contribution in [2.24, 2.45) is 7.05 Å². The molecule has 0 amide bonds. The number of nitrogens with zero attached hydrogens (tertiary/aromatic N) is 2. The molecule has 2 aromatic rings. The number of phenols is 1. The first-order chi connectivity index (χ1) is 8.79. The first-order valence-corrected chi connectivity index (χ1v) is 7.10. The number of hydrogen-bond donors (Lipinski definition) is 2. The van der Waals surface area contributed by atoms with Gasteiger partial charge in [0.15, 0.2) is 5.03 Å². The minimum Gasteiger partial charge on any atom is -0.506 e. The average molecular weight is 281 g/mol. The quantitative estimate of drug-likeness (QED) is 0.836. The van der Waals surface area contributed by atoms with Crippen LogP contribution >= 0.6 is 0 Å². The van der Waals surface area contributed by atoms with Gasteiger partial charge in [0.2, 0.25) is 0 Å². The second-order valence-corrected chi connectivity index (χ2v) is 5.99. The fourth-order valence-corrected chi connectivity index (χ4v) is 2.70. The van der Waals surface area contributed by atoms with E-state index >= 15 is 0 Å². The van der Waals surface area contributed by atoms with Crippen molar-refractivity contribution in [2.75, 3.05) is 4.72 Å². The first kappa shape index (κ1) is 13.4. The van der Waals surface area contributed by atoms with Crippen molar-refractivity contribution in [3.63, 3.8) is 0 Å². The van der Waals surface area contributed by atoms with Gasteiger partial charge in [-0.05, 0) is 31.5 Å². The van der Waals surface area contributed by atoms with E-state index in [4.69, 9.17) is 0 Å². The number of hydrogen-bond acceptors (Lipinski definition) is 4. The molecule has 0 unspecified atom stereocenters. The van der Waals surface area contributed by atoms with E-state index < -0.39 is 10.0 Å². The molecule has 0 fully saturated rings. The molecular formula is C12H15N3O3S. The number of sulfonamides is 1. The molecule has 0 atom stereocenters. The lowest BCUT2D eigenvalue weighted by Crippen LogP contribution is -2.13. The third-order valence-corrected chi connectivity index (χ3v) is 4.00. The highest BCUT2D eigenvalue weighted by atomic mass is 32.2. The molecule has 1 aromatic carbocycles. The Balaban J connectivity index is 2.36. The summed E-state index contributed by atoms with van der Waals surface area (Å²) in [5.74, 6) is 0.477. The van der Waals surface area contributed by atoms with Crippen LogP contribution in [0.25, 0.3) is 0 Å². The SMILES string of the molecule is Cc1ccc(NS(=O)(=O)c2cn(C)c(C)n2)c(O)c1. The molecule has 0 saturated carbocycles. The zero-order chi connectivity index (χ0) is 14.2. The monoisotopic (exact) mass is 281 g/mol. The molecule has 6 nitrogen and oxygen atoms in total. The van der Waals surface area contributed by atoms with Gasteiger partial charge in [0.05, 0.1) is 5.69 Å². The molecule has 0 spiro atoms. The lowest BCUT2D eigenvalue weighted by Gasteiger charge is -2.08. The molecular weight excluding hydrogens is 266 g/mol. The maximum Gasteiger partial charge on any atom is 0.281 e. The van der Waals surface area contributed by atoms with Gasteiger partial charge in [-0.1, -0.05) is 6.07 Å². The van der Waals surface area contributed by atoms with E-state index in [1.165, 1.54) is 18.3 Å². The molecule has 0 aliphatic carbocycles. The van der Waals surface area contributed by atoms with Crippen LogP contribution in [0.15, 0.2) is 29.4 Å². The van der Waals surface area contributed by atoms with E-state index in [-0.39, 0.29) is 16.5 Å². The van der Waals surface area contributed by atoms with Gasteiger partial charge < -0.3 is 9.67 Å². The number of imidazole rings is 1. The van der Waals surface area contributed by atoms with Gasteiger partial charge in [-0.25, -0.2) is 4.98 Å². The topological polar surface area (TPSA) is 84.2 Å². The summed E-state index contributed by atoms with van der Waals surface area (Å²) in [4.78, 5) is 3.96. The molecule has 2 rings (SSSR count). The van der Waals surface area contributed by atoms with Crippen molar-refractivity contribution in [3.05, 3.63) is 35.8 Å². The van der Waals surface area contributed by atoms with Crippen molar-refractivity contribution >= 4 is 15.7 Å². The molecule has 0 saturated heterocycles. The number of aromatic hydroxyl groups is 1. The fourth-order valence-electron chi connectivity index (χ4n) is 1.58. The van der Waals surface area contributed by atoms with Crippen LogP contribution in [0.3, 0.4) is 0 Å². The van der Waals surface area contributed by atoms with Crippen LogP contribution in [0.5, 0.6) is 5.75 Å². The summed E-state index contributed by atoms with van der Waals surface area (Å²) in [6, 6.07) is 4.71. The summed E-state index contributed by atoms with van der Waals surface area (Å²) in [6.45, 7) is 3.52. The minimum absolute atomic E-state index is 0.0764. The van der Waals surface area contributed by atoms with Crippen LogP contribution in [0.4, 0.5) is 5.69 Å². The molecule has 7 heteroatoms. The van der Waals surface area contributed by atoms with E-state index in [0.29, 0.717) is 5.82 Å². The molecule has 0 aliphatic heterocycles. The second kappa shape index (κ2) is 4.58. The van der Waals surface area contributed by atoms with Gasteiger partial charge in [-0.15, -0.1) is 0 Å². The summed E-state index contributed by atoms with van der Waals surface area (Å²) in [7, 11) is -2.08. The third-order valence-electron chi connectivity index (χ3n) is 2.76. The normalized spacial score (nSPS) is 11.5. The van der Waals surface area contributed by atoms with E-state index in [1.54, 1.807) is 31.5 Å². The van der Waals surface area contributed by atoms with E-state index in [2.05, 4.69) is 9.71 Å². The van der Waals surface area contributed by atoms with E-state index in [1.807, 2.05) is 0 Å². The number of benzene rings is 1. The Kier molecular flexibility index (Phi) is 3.23. The number of aryl methyl sites for hydroxylation is 3. The number of rotatable bonds is 3. The Morgan fingerprint density at radius 2 is 2.00 bits per heavy atom. The smallest absolute Gasteiger partial charge is 0.281 e. The molecule has 102 valence electrons. The van der Waals surface area contributed by atoms with E-state index in [9.17, 15) is 13.5 Å². The van der Waals surface area contributed by atoms with Crippen molar-refractivity contribution < 1.29 is 13.5 Å². The predicted octanol–water partition coefficient (Wildman–Crippen LogP) is 1.54. The minimum atomic E-state index is -3.79. The number of phenolic OH excluding ortho intramolecular Hbond substituents is 1. The molecule has 1 aromatic heterocycles. The predicted molar refractivity (Wildman–Crippen MR) is 71.6 cm³/mol. The molecule has 1 heterocycles. The summed E-state index contributed by atoms with van der Waals surface area (Å²) in [6.07, 6.45) is 1.42. The Hall–Kier alpha value is -2.02. The third kappa shape index (κ3) is 2.70. The molecule has 19 heavy (non-hydrogen) atoms. The Morgan fingerprint density at radius 1 is 1.32 bits per heavy atom. The van der Waals surface area contributed by atoms with Gasteiger partial charge >= 0.3 is 0 Å². The Bertz CT molecular complexity index is 700. The largest absolute Gasteiger partial charge is 0.506 e. The van der Waals surface area contributed by atoms with E-state index in [0.717, 1.165) is 5.56 Å². The maximum absolute atomic E-state index is 12.1. The number of anilines is 1. The zero-order valence-electron chi connectivity index (χ0n) is 10.9. The Labute approximate surface area is 111 Å². The second-order valence-electron chi connectivity index (χ2n) is 4.36. The van der Waals surface area contributed by atoms with Gasteiger partial charge in [0, 0.05) is 13.2 Å². The molecule has 0 aliphatic rings. The first-order valence-electron chi connectivity index (χ1n) is 5.62. The van der Waals surface area contributed by atoms with Crippen LogP contribution in [0.2, 0.25) is 0 Å². The van der Waals surface area contributed by atoms with Crippen LogP contribution in [-0.4, -0.2) is 23.1 Å². The van der Waals surface area contributed by atoms with Gasteiger partial charge in [-0.3, -0.25) is 4.72 Å². The average Bonchev–Trinajstić information content (AvgIpc) is 2.64. The highest BCUT2D eigenvalue weighted by Crippen LogP contribution is 2.26. The van der Waals surface area contributed by atoms with Gasteiger partial charge in [-0.2, -0.15) is 8.42 Å². The van der Waals surface area contributed by atoms with Crippen LogP contribution in [-0.2, 0) is 17.1 Å². The van der Waals surface area contributed by atoms with Crippen LogP contribution in [0.1, 0.15) is 11.4 Å². The summed E-state index contributed by atoms with van der Waals surface area (Å²) in [5, 5.41) is 9.63. The lowest BCUT2D eigenvalue weighted by atomic mass is 10.2. The fraction of sp³-hybridized carbons (Fsp3) is 0.250. The highest BCUT2D eigenvalue weighted by molar-refractivity contribution is 7.92. The van der Waals surface area contributed by atoms with Crippen LogP contribution in [0, 0.1) is 13.8 Å². The zero-order valence-corrected chi connectivity index (χ0v) is 11.7. The van der Waals surface area contributed by atoms with Crippen molar-refractivity contribution in [3.8, 4) is 5.75 Å². The van der Waals surface area contributed by atoms with Crippen LogP contribution < -0.4 is 4.72 Å². The number of aromatic nitrogens is 2. The summed E-state index contributed by atoms with van der Waals surface area (Å²) < 4.78 is 28.1. The van der Waals surface area contributed by atoms with Crippen molar-refractivity contribution in [2.45, 2.75) is 18.9 Å². The van der Waals surface area contributed by atoms with Gasteiger partial charge in [0.25, 0.3) is 10.0 Å². The van der Waals surface area contributed by atoms with Crippen molar-refractivity contribution in [1.29, 1.82) is 0 Å². The lowest BCUT2D eigenvalue weighted by molar-refractivity contribution is 0.477. The molecule has 2 N–H and O–H groups in total. The summed E-state index contributed by atoms with van der Waals surface area (Å²) >= 11 is 0. The molecule has 0 radical (unpaired) electrons. The standard InChI is InChI=1S/C12H15N3O3S/c1-8-4-5-10(11(16)6-8)14-19(17,18)12-7-15(3)9(2)13-12/h4-7,14,16H,1-3H3.